The summed E-state index contributed by atoms with van der Waals surface area (Å²) in [6.45, 7) is 0. The molecule has 0 aliphatic carbocycles. The van der Waals surface area contributed by atoms with Crippen LogP contribution in [0.3, 0.4) is 0 Å². The van der Waals surface area contributed by atoms with Gasteiger partial charge in [0.05, 0.1) is 30.4 Å². The van der Waals surface area contributed by atoms with E-state index in [1.807, 2.05) is 65.7 Å². The van der Waals surface area contributed by atoms with Gasteiger partial charge in [0, 0.05) is 22.6 Å². The Morgan fingerprint density at radius 3 is 2.55 bits per heavy atom. The molecule has 0 amide bonds. The van der Waals surface area contributed by atoms with Gasteiger partial charge in [0.1, 0.15) is 17.2 Å². The SMILES string of the molecule is COc1ccc(C2=NN3[C@H](C2)c2cc(Cl)ccc2O[C@H]3c2ccc(OC)c(Br)c2)cc1. The molecule has 3 aromatic carbocycles. The molecule has 31 heavy (non-hydrogen) atoms. The predicted octanol–water partition coefficient (Wildman–Crippen LogP) is 6.36. The van der Waals surface area contributed by atoms with Gasteiger partial charge in [0.25, 0.3) is 0 Å². The molecule has 0 aromatic heterocycles. The summed E-state index contributed by atoms with van der Waals surface area (Å²) < 4.78 is 18.0. The van der Waals surface area contributed by atoms with E-state index in [2.05, 4.69) is 15.9 Å². The maximum Gasteiger partial charge on any atom is 0.213 e. The van der Waals surface area contributed by atoms with Crippen molar-refractivity contribution in [1.82, 2.24) is 5.01 Å². The summed E-state index contributed by atoms with van der Waals surface area (Å²) in [6, 6.07) is 19.7. The molecule has 0 saturated carbocycles. The van der Waals surface area contributed by atoms with Crippen molar-refractivity contribution < 1.29 is 14.2 Å². The van der Waals surface area contributed by atoms with Crippen molar-refractivity contribution in [3.63, 3.8) is 0 Å². The number of hydrazone groups is 1. The fourth-order valence-electron chi connectivity index (χ4n) is 4.07. The first-order valence-electron chi connectivity index (χ1n) is 9.87. The van der Waals surface area contributed by atoms with Gasteiger partial charge < -0.3 is 14.2 Å². The molecule has 7 heteroatoms. The van der Waals surface area contributed by atoms with E-state index in [1.165, 1.54) is 0 Å². The van der Waals surface area contributed by atoms with E-state index in [0.29, 0.717) is 5.02 Å². The van der Waals surface area contributed by atoms with E-state index in [9.17, 15) is 0 Å². The molecule has 5 rings (SSSR count). The molecule has 2 heterocycles. The lowest BCUT2D eigenvalue weighted by Crippen LogP contribution is -2.33. The van der Waals surface area contributed by atoms with Crippen LogP contribution in [0.15, 0.2) is 70.2 Å². The molecule has 0 bridgehead atoms. The second-order valence-corrected chi connectivity index (χ2v) is 8.71. The lowest BCUT2D eigenvalue weighted by atomic mass is 9.96. The Morgan fingerprint density at radius 1 is 1.03 bits per heavy atom. The highest BCUT2D eigenvalue weighted by Crippen LogP contribution is 2.48. The van der Waals surface area contributed by atoms with Crippen LogP contribution in [0.5, 0.6) is 17.2 Å². The van der Waals surface area contributed by atoms with E-state index in [4.69, 9.17) is 30.9 Å². The fraction of sp³-hybridized carbons (Fsp3) is 0.208. The van der Waals surface area contributed by atoms with Crippen LogP contribution in [0.1, 0.15) is 35.4 Å². The summed E-state index contributed by atoms with van der Waals surface area (Å²) in [7, 11) is 3.32. The number of rotatable bonds is 4. The van der Waals surface area contributed by atoms with Crippen molar-refractivity contribution in [1.29, 1.82) is 0 Å². The zero-order valence-electron chi connectivity index (χ0n) is 17.0. The van der Waals surface area contributed by atoms with Crippen molar-refractivity contribution >= 4 is 33.2 Å². The molecule has 2 aliphatic heterocycles. The van der Waals surface area contributed by atoms with Crippen molar-refractivity contribution in [2.24, 2.45) is 5.10 Å². The predicted molar refractivity (Wildman–Crippen MR) is 124 cm³/mol. The van der Waals surface area contributed by atoms with E-state index in [0.717, 1.165) is 50.5 Å². The highest BCUT2D eigenvalue weighted by Gasteiger charge is 2.41. The van der Waals surface area contributed by atoms with Crippen LogP contribution < -0.4 is 14.2 Å². The monoisotopic (exact) mass is 498 g/mol. The standard InChI is InChI=1S/C24H20BrClN2O3/c1-29-17-7-3-14(4-8-17)20-13-21-18-12-16(26)6-10-22(18)31-24(28(21)27-20)15-5-9-23(30-2)19(25)11-15/h3-12,21,24H,13H2,1-2H3/t21-,24+/m1/s1. The molecule has 0 spiro atoms. The van der Waals surface area contributed by atoms with Gasteiger partial charge in [-0.05, 0) is 82.2 Å². The second kappa shape index (κ2) is 8.09. The summed E-state index contributed by atoms with van der Waals surface area (Å²) in [6.07, 6.45) is 0.397. The number of hydrogen-bond acceptors (Lipinski definition) is 5. The molecule has 0 saturated heterocycles. The Hall–Kier alpha value is -2.70. The van der Waals surface area contributed by atoms with Crippen molar-refractivity contribution in [3.05, 3.63) is 86.8 Å². The van der Waals surface area contributed by atoms with E-state index >= 15 is 0 Å². The minimum absolute atomic E-state index is 0.0328. The fourth-order valence-corrected chi connectivity index (χ4v) is 4.81. The number of nitrogens with zero attached hydrogens (tertiary/aromatic N) is 2. The maximum absolute atomic E-state index is 6.41. The van der Waals surface area contributed by atoms with Crippen LogP contribution in [0.2, 0.25) is 5.02 Å². The average Bonchev–Trinajstić information content (AvgIpc) is 3.24. The van der Waals surface area contributed by atoms with Crippen molar-refractivity contribution in [2.45, 2.75) is 18.7 Å². The minimum Gasteiger partial charge on any atom is -0.497 e. The van der Waals surface area contributed by atoms with E-state index in [-0.39, 0.29) is 12.3 Å². The summed E-state index contributed by atoms with van der Waals surface area (Å²) in [5.41, 5.74) is 4.09. The van der Waals surface area contributed by atoms with Crippen molar-refractivity contribution in [3.8, 4) is 17.2 Å². The normalized spacial score (nSPS) is 19.2. The third kappa shape index (κ3) is 3.64. The van der Waals surface area contributed by atoms with Crippen LogP contribution >= 0.6 is 27.5 Å². The Kier molecular flexibility index (Phi) is 5.28. The lowest BCUT2D eigenvalue weighted by Gasteiger charge is -2.38. The molecule has 0 unspecified atom stereocenters. The third-order valence-electron chi connectivity index (χ3n) is 5.64. The van der Waals surface area contributed by atoms with Crippen LogP contribution in [-0.4, -0.2) is 24.9 Å². The first-order valence-corrected chi connectivity index (χ1v) is 11.0. The number of benzene rings is 3. The molecule has 158 valence electrons. The summed E-state index contributed by atoms with van der Waals surface area (Å²) in [5.74, 6) is 2.42. The van der Waals surface area contributed by atoms with Crippen LogP contribution in [0.25, 0.3) is 0 Å². The topological polar surface area (TPSA) is 43.3 Å². The Bertz CT molecular complexity index is 1170. The molecule has 5 nitrogen and oxygen atoms in total. The van der Waals surface area contributed by atoms with Crippen LogP contribution in [0, 0.1) is 0 Å². The van der Waals surface area contributed by atoms with Crippen molar-refractivity contribution in [2.75, 3.05) is 14.2 Å². The first kappa shape index (κ1) is 20.2. The third-order valence-corrected chi connectivity index (χ3v) is 6.49. The molecule has 2 atom stereocenters. The van der Waals surface area contributed by atoms with Gasteiger partial charge >= 0.3 is 0 Å². The Balaban J connectivity index is 1.57. The molecule has 0 N–H and O–H groups in total. The average molecular weight is 500 g/mol. The van der Waals surface area contributed by atoms with E-state index in [1.54, 1.807) is 14.2 Å². The van der Waals surface area contributed by atoms with Gasteiger partial charge in [0.2, 0.25) is 6.23 Å². The summed E-state index contributed by atoms with van der Waals surface area (Å²) >= 11 is 9.90. The quantitative estimate of drug-likeness (QED) is 0.419. The second-order valence-electron chi connectivity index (χ2n) is 7.42. The van der Waals surface area contributed by atoms with Crippen LogP contribution in [-0.2, 0) is 0 Å². The summed E-state index contributed by atoms with van der Waals surface area (Å²) in [4.78, 5) is 0. The zero-order chi connectivity index (χ0) is 21.5. The summed E-state index contributed by atoms with van der Waals surface area (Å²) in [5, 5.41) is 7.71. The molecule has 2 aliphatic rings. The molecule has 0 fully saturated rings. The van der Waals surface area contributed by atoms with Crippen LogP contribution in [0.4, 0.5) is 0 Å². The molecular weight excluding hydrogens is 480 g/mol. The molecule has 0 radical (unpaired) electrons. The number of fused-ring (bicyclic) bond motifs is 3. The van der Waals surface area contributed by atoms with Gasteiger partial charge in [0.15, 0.2) is 0 Å². The Morgan fingerprint density at radius 2 is 1.84 bits per heavy atom. The number of methoxy groups -OCH3 is 2. The van der Waals surface area contributed by atoms with E-state index < -0.39 is 0 Å². The highest BCUT2D eigenvalue weighted by molar-refractivity contribution is 9.10. The van der Waals surface area contributed by atoms with Gasteiger partial charge in [-0.25, -0.2) is 5.01 Å². The maximum atomic E-state index is 6.41. The number of halogens is 2. The zero-order valence-corrected chi connectivity index (χ0v) is 19.4. The van der Waals surface area contributed by atoms with Gasteiger partial charge in [-0.1, -0.05) is 11.6 Å². The number of ether oxygens (including phenoxy) is 3. The number of hydrogen-bond donors (Lipinski definition) is 0. The smallest absolute Gasteiger partial charge is 0.213 e. The largest absolute Gasteiger partial charge is 0.497 e. The highest BCUT2D eigenvalue weighted by atomic mass is 79.9. The molecular formula is C24H20BrClN2O3. The lowest BCUT2D eigenvalue weighted by molar-refractivity contribution is -0.0190. The first-order chi connectivity index (χ1) is 15.1. The van der Waals surface area contributed by atoms with Gasteiger partial charge in [-0.15, -0.1) is 0 Å². The Labute approximate surface area is 194 Å². The van der Waals surface area contributed by atoms with Gasteiger partial charge in [-0.3, -0.25) is 0 Å². The molecule has 3 aromatic rings. The van der Waals surface area contributed by atoms with Gasteiger partial charge in [-0.2, -0.15) is 5.10 Å². The minimum atomic E-state index is -0.364.